The molecule has 3 nitrogen and oxygen atoms in total. The first-order valence-electron chi connectivity index (χ1n) is 4.55. The number of nitrogens with zero attached hydrogens (tertiary/aromatic N) is 2. The fraction of sp³-hybridized carbons (Fsp3) is 0.500. The van der Waals surface area contributed by atoms with Crippen LogP contribution in [0.5, 0.6) is 0 Å². The van der Waals surface area contributed by atoms with Gasteiger partial charge in [-0.2, -0.15) is 0 Å². The summed E-state index contributed by atoms with van der Waals surface area (Å²) in [7, 11) is 4.07. The third kappa shape index (κ3) is 4.01. The maximum absolute atomic E-state index is 3.98. The Hall–Kier alpha value is -0.930. The molecule has 1 aromatic heterocycles. The first-order chi connectivity index (χ1) is 6.33. The van der Waals surface area contributed by atoms with Gasteiger partial charge in [-0.3, -0.25) is 9.88 Å². The molecule has 1 N–H and O–H groups in total. The van der Waals surface area contributed by atoms with Crippen LogP contribution in [0.25, 0.3) is 0 Å². The molecule has 0 saturated heterocycles. The van der Waals surface area contributed by atoms with Crippen LogP contribution in [0.15, 0.2) is 24.5 Å². The summed E-state index contributed by atoms with van der Waals surface area (Å²) in [6.07, 6.45) is 4.77. The highest BCUT2D eigenvalue weighted by Gasteiger charge is 1.96. The quantitative estimate of drug-likeness (QED) is 0.675. The molecule has 0 aliphatic carbocycles. The van der Waals surface area contributed by atoms with Crippen molar-refractivity contribution in [1.29, 1.82) is 0 Å². The summed E-state index contributed by atoms with van der Waals surface area (Å²) in [5.41, 5.74) is 1.35. The molecule has 3 heteroatoms. The van der Waals surface area contributed by atoms with Gasteiger partial charge in [0.25, 0.3) is 0 Å². The van der Waals surface area contributed by atoms with E-state index in [1.165, 1.54) is 5.56 Å². The minimum Gasteiger partial charge on any atom is -0.307 e. The minimum absolute atomic E-state index is 0.936. The predicted molar refractivity (Wildman–Crippen MR) is 54.5 cm³/mol. The number of nitrogens with one attached hydrogen (secondary N) is 1. The van der Waals surface area contributed by atoms with Crippen molar-refractivity contribution in [3.05, 3.63) is 30.1 Å². The van der Waals surface area contributed by atoms with E-state index >= 15 is 0 Å². The van der Waals surface area contributed by atoms with Crippen LogP contribution in [-0.4, -0.2) is 37.2 Å². The van der Waals surface area contributed by atoms with Crippen molar-refractivity contribution in [3.63, 3.8) is 0 Å². The maximum Gasteiger partial charge on any atom is 0.0475 e. The Bertz CT molecular complexity index is 223. The lowest BCUT2D eigenvalue weighted by atomic mass is 10.2. The fourth-order valence-corrected chi connectivity index (χ4v) is 1.22. The van der Waals surface area contributed by atoms with Crippen molar-refractivity contribution < 1.29 is 0 Å². The molecule has 0 amide bonds. The topological polar surface area (TPSA) is 28.2 Å². The van der Waals surface area contributed by atoms with Crippen LogP contribution < -0.4 is 5.32 Å². The van der Waals surface area contributed by atoms with Gasteiger partial charge in [0.05, 0.1) is 0 Å². The van der Waals surface area contributed by atoms with Gasteiger partial charge >= 0.3 is 0 Å². The molecule has 0 aromatic carbocycles. The van der Waals surface area contributed by atoms with E-state index in [0.29, 0.717) is 0 Å². The highest BCUT2D eigenvalue weighted by Crippen LogP contribution is 1.97. The van der Waals surface area contributed by atoms with Crippen LogP contribution in [-0.2, 0) is 6.42 Å². The van der Waals surface area contributed by atoms with E-state index in [4.69, 9.17) is 0 Å². The average Bonchev–Trinajstić information content (AvgIpc) is 2.17. The van der Waals surface area contributed by atoms with Crippen LogP contribution >= 0.6 is 0 Å². The molecule has 0 unspecified atom stereocenters. The largest absolute Gasteiger partial charge is 0.307 e. The summed E-state index contributed by atoms with van der Waals surface area (Å²) >= 11 is 0. The average molecular weight is 179 g/mol. The molecule has 0 aliphatic rings. The van der Waals surface area contributed by atoms with Crippen LogP contribution in [0.1, 0.15) is 5.56 Å². The van der Waals surface area contributed by atoms with Crippen LogP contribution in [0.2, 0.25) is 0 Å². The summed E-state index contributed by atoms with van der Waals surface area (Å²) in [6, 6.07) is 4.13. The molecule has 0 fully saturated rings. The molecule has 1 heterocycles. The lowest BCUT2D eigenvalue weighted by Crippen LogP contribution is -2.30. The molecule has 0 bridgehead atoms. The third-order valence-electron chi connectivity index (χ3n) is 1.96. The van der Waals surface area contributed by atoms with Gasteiger partial charge in [-0.25, -0.2) is 0 Å². The fourth-order valence-electron chi connectivity index (χ4n) is 1.22. The van der Waals surface area contributed by atoms with Crippen LogP contribution in [0.3, 0.4) is 0 Å². The molecule has 1 rings (SSSR count). The lowest BCUT2D eigenvalue weighted by molar-refractivity contribution is 0.321. The Balaban J connectivity index is 2.27. The lowest BCUT2D eigenvalue weighted by Gasteiger charge is -2.15. The second kappa shape index (κ2) is 5.67. The van der Waals surface area contributed by atoms with Crippen molar-refractivity contribution in [3.8, 4) is 0 Å². The van der Waals surface area contributed by atoms with Crippen molar-refractivity contribution >= 4 is 0 Å². The molecule has 0 spiro atoms. The van der Waals surface area contributed by atoms with E-state index in [1.54, 1.807) is 0 Å². The zero-order valence-electron chi connectivity index (χ0n) is 8.33. The van der Waals surface area contributed by atoms with Gasteiger partial charge < -0.3 is 5.32 Å². The monoisotopic (exact) mass is 179 g/mol. The minimum atomic E-state index is 0.936. The molecule has 0 aliphatic heterocycles. The van der Waals surface area contributed by atoms with E-state index in [-0.39, 0.29) is 0 Å². The van der Waals surface area contributed by atoms with Crippen LogP contribution in [0, 0.1) is 0 Å². The molecular weight excluding hydrogens is 162 g/mol. The van der Waals surface area contributed by atoms with Crippen molar-refractivity contribution in [1.82, 2.24) is 15.2 Å². The van der Waals surface area contributed by atoms with Crippen LogP contribution in [0.4, 0.5) is 0 Å². The van der Waals surface area contributed by atoms with Gasteiger partial charge in [-0.1, -0.05) is 0 Å². The summed E-state index contributed by atoms with van der Waals surface area (Å²) in [5.74, 6) is 0. The number of aromatic nitrogens is 1. The second-order valence-corrected chi connectivity index (χ2v) is 3.20. The highest BCUT2D eigenvalue weighted by atomic mass is 15.2. The molecule has 0 atom stereocenters. The summed E-state index contributed by atoms with van der Waals surface area (Å²) < 4.78 is 0. The Morgan fingerprint density at radius 1 is 1.38 bits per heavy atom. The Kier molecular flexibility index (Phi) is 4.43. The van der Waals surface area contributed by atoms with Gasteiger partial charge in [0.2, 0.25) is 0 Å². The molecular formula is C10H17N3. The third-order valence-corrected chi connectivity index (χ3v) is 1.96. The molecule has 72 valence electrons. The van der Waals surface area contributed by atoms with E-state index in [2.05, 4.69) is 34.4 Å². The highest BCUT2D eigenvalue weighted by molar-refractivity contribution is 5.09. The zero-order valence-corrected chi connectivity index (χ0v) is 8.33. The Morgan fingerprint density at radius 3 is 2.69 bits per heavy atom. The smallest absolute Gasteiger partial charge is 0.0475 e. The van der Waals surface area contributed by atoms with E-state index in [9.17, 15) is 0 Å². The first-order valence-corrected chi connectivity index (χ1v) is 4.55. The number of pyridine rings is 1. The first kappa shape index (κ1) is 10.2. The number of likely N-dealkylation sites (N-methyl/N-ethyl adjacent to an activating group) is 1. The maximum atomic E-state index is 3.98. The number of hydrogen-bond acceptors (Lipinski definition) is 3. The summed E-state index contributed by atoms with van der Waals surface area (Å²) in [4.78, 5) is 6.23. The number of rotatable bonds is 5. The van der Waals surface area contributed by atoms with E-state index < -0.39 is 0 Å². The predicted octanol–water partition coefficient (Wildman–Crippen LogP) is 0.733. The molecule has 1 aromatic rings. The van der Waals surface area contributed by atoms with Gasteiger partial charge in [0, 0.05) is 25.6 Å². The summed E-state index contributed by atoms with van der Waals surface area (Å²) in [6.45, 7) is 2.01. The molecule has 0 radical (unpaired) electrons. The second-order valence-electron chi connectivity index (χ2n) is 3.20. The standard InChI is InChI=1S/C10H17N3/c1-11-9-13(2)8-5-10-3-6-12-7-4-10/h3-4,6-7,11H,5,8-9H2,1-2H3. The SMILES string of the molecule is CNCN(C)CCc1ccncc1. The Labute approximate surface area is 79.8 Å². The van der Waals surface area contributed by atoms with Crippen molar-refractivity contribution in [2.24, 2.45) is 0 Å². The van der Waals surface area contributed by atoms with Gasteiger partial charge in [-0.05, 0) is 38.2 Å². The van der Waals surface area contributed by atoms with E-state index in [1.807, 2.05) is 19.4 Å². The van der Waals surface area contributed by atoms with Gasteiger partial charge in [0.15, 0.2) is 0 Å². The van der Waals surface area contributed by atoms with Crippen molar-refractivity contribution in [2.75, 3.05) is 27.3 Å². The van der Waals surface area contributed by atoms with Gasteiger partial charge in [0.1, 0.15) is 0 Å². The normalized spacial score (nSPS) is 10.7. The number of hydrogen-bond donors (Lipinski definition) is 1. The van der Waals surface area contributed by atoms with E-state index in [0.717, 1.165) is 19.6 Å². The molecule has 0 saturated carbocycles. The van der Waals surface area contributed by atoms with Gasteiger partial charge in [-0.15, -0.1) is 0 Å². The zero-order chi connectivity index (χ0) is 9.52. The Morgan fingerprint density at radius 2 is 2.08 bits per heavy atom. The summed E-state index contributed by atoms with van der Waals surface area (Å²) in [5, 5.41) is 3.12. The van der Waals surface area contributed by atoms with Crippen molar-refractivity contribution in [2.45, 2.75) is 6.42 Å². The molecule has 13 heavy (non-hydrogen) atoms.